The Labute approximate surface area is 203 Å². The molecule has 3 aromatic rings. The maximum Gasteiger partial charge on any atom is 0.242 e. The molecule has 3 aliphatic heterocycles. The van der Waals surface area contributed by atoms with Gasteiger partial charge in [-0.25, -0.2) is 4.68 Å². The molecule has 5 heterocycles. The van der Waals surface area contributed by atoms with Crippen LogP contribution in [-0.2, 0) is 6.54 Å². The number of fused-ring (bicyclic) bond motifs is 3. The van der Waals surface area contributed by atoms with Gasteiger partial charge in [-0.3, -0.25) is 0 Å². The van der Waals surface area contributed by atoms with Crippen molar-refractivity contribution in [3.8, 4) is 11.5 Å². The summed E-state index contributed by atoms with van der Waals surface area (Å²) < 4.78 is 17.7. The van der Waals surface area contributed by atoms with E-state index in [2.05, 4.69) is 44.4 Å². The molecule has 1 saturated carbocycles. The van der Waals surface area contributed by atoms with Crippen molar-refractivity contribution < 1.29 is 9.47 Å². The van der Waals surface area contributed by atoms with Crippen LogP contribution in [0.4, 0.5) is 10.9 Å². The van der Waals surface area contributed by atoms with Gasteiger partial charge in [-0.05, 0) is 73.8 Å². The third-order valence-electron chi connectivity index (χ3n) is 8.01. The summed E-state index contributed by atoms with van der Waals surface area (Å²) in [6.45, 7) is 5.55. The van der Waals surface area contributed by atoms with Gasteiger partial charge in [0.25, 0.3) is 0 Å². The largest absolute Gasteiger partial charge is 0.454 e. The van der Waals surface area contributed by atoms with Gasteiger partial charge in [0.2, 0.25) is 12.7 Å². The summed E-state index contributed by atoms with van der Waals surface area (Å²) in [5.74, 6) is 5.11. The maximum absolute atomic E-state index is 5.62. The van der Waals surface area contributed by atoms with Gasteiger partial charge in [-0.2, -0.15) is 9.36 Å². The van der Waals surface area contributed by atoms with Gasteiger partial charge in [0.05, 0.1) is 5.69 Å². The first-order valence-corrected chi connectivity index (χ1v) is 13.3. The molecule has 4 aliphatic rings. The van der Waals surface area contributed by atoms with Gasteiger partial charge >= 0.3 is 0 Å². The van der Waals surface area contributed by atoms with Crippen molar-refractivity contribution in [3.05, 3.63) is 41.3 Å². The molecular weight excluding hydrogens is 448 g/mol. The summed E-state index contributed by atoms with van der Waals surface area (Å²) in [4.78, 5) is 7.58. The minimum absolute atomic E-state index is 0.238. The highest BCUT2D eigenvalue weighted by Gasteiger charge is 2.41. The minimum atomic E-state index is 0.238. The van der Waals surface area contributed by atoms with E-state index in [0.717, 1.165) is 67.4 Å². The molecule has 2 aromatic heterocycles. The molecule has 0 amide bonds. The molecule has 0 radical (unpaired) electrons. The predicted molar refractivity (Wildman–Crippen MR) is 131 cm³/mol. The first-order chi connectivity index (χ1) is 16.7. The van der Waals surface area contributed by atoms with Crippen LogP contribution < -0.4 is 19.7 Å². The Hall–Kier alpha value is -2.81. The number of hydrogen-bond donors (Lipinski definition) is 1. The van der Waals surface area contributed by atoms with E-state index in [-0.39, 0.29) is 5.92 Å². The fraction of sp³-hybridized carbons (Fsp3) is 0.560. The third kappa shape index (κ3) is 3.52. The van der Waals surface area contributed by atoms with Crippen LogP contribution in [-0.4, -0.2) is 45.1 Å². The van der Waals surface area contributed by atoms with Crippen molar-refractivity contribution in [3.63, 3.8) is 0 Å². The lowest BCUT2D eigenvalue weighted by Gasteiger charge is -2.33. The van der Waals surface area contributed by atoms with E-state index in [9.17, 15) is 0 Å². The molecule has 1 N–H and O–H groups in total. The summed E-state index contributed by atoms with van der Waals surface area (Å²) in [7, 11) is 0. The van der Waals surface area contributed by atoms with Crippen molar-refractivity contribution in [2.75, 3.05) is 30.1 Å². The second-order valence-corrected chi connectivity index (χ2v) is 10.9. The van der Waals surface area contributed by atoms with Crippen LogP contribution in [0.25, 0.3) is 0 Å². The molecule has 4 atom stereocenters. The zero-order chi connectivity index (χ0) is 22.6. The predicted octanol–water partition coefficient (Wildman–Crippen LogP) is 4.41. The van der Waals surface area contributed by atoms with Crippen molar-refractivity contribution in [1.29, 1.82) is 0 Å². The lowest BCUT2D eigenvalue weighted by Crippen LogP contribution is -2.37. The molecule has 2 unspecified atom stereocenters. The zero-order valence-corrected chi connectivity index (χ0v) is 20.3. The van der Waals surface area contributed by atoms with Crippen LogP contribution in [0.5, 0.6) is 11.5 Å². The van der Waals surface area contributed by atoms with Gasteiger partial charge in [0.15, 0.2) is 11.5 Å². The van der Waals surface area contributed by atoms with Gasteiger partial charge < -0.3 is 19.7 Å². The van der Waals surface area contributed by atoms with Crippen LogP contribution in [0.15, 0.2) is 24.3 Å². The second-order valence-electron chi connectivity index (χ2n) is 10.1. The molecule has 9 heteroatoms. The van der Waals surface area contributed by atoms with Crippen LogP contribution in [0.3, 0.4) is 0 Å². The van der Waals surface area contributed by atoms with Gasteiger partial charge in [0.1, 0.15) is 10.8 Å². The van der Waals surface area contributed by atoms with Crippen LogP contribution in [0.1, 0.15) is 55.1 Å². The van der Waals surface area contributed by atoms with Crippen molar-refractivity contribution >= 4 is 22.5 Å². The van der Waals surface area contributed by atoms with Gasteiger partial charge in [-0.1, -0.05) is 12.5 Å². The monoisotopic (exact) mass is 478 g/mol. The standard InChI is InChI=1S/C25H30N6O2S/c1-15-10-23(34-29-15)30-12-17-4-2-6-20(19(17)13-30)26-25-27-24-18(5-3-9-31(24)28-25)16-7-8-21-22(11-16)33-14-32-21/h7-8,10-11,17-20H,2-6,9,12-14H2,1H3,(H,26,28)/t17?,18?,19-,20-/m1/s1. The van der Waals surface area contributed by atoms with E-state index in [1.165, 1.54) is 29.8 Å². The Balaban J connectivity index is 1.11. The fourth-order valence-electron chi connectivity index (χ4n) is 6.35. The number of rotatable bonds is 4. The molecule has 0 spiro atoms. The average Bonchev–Trinajstić information content (AvgIpc) is 3.63. The van der Waals surface area contributed by atoms with Crippen molar-refractivity contribution in [2.45, 2.75) is 57.5 Å². The molecule has 1 aromatic carbocycles. The summed E-state index contributed by atoms with van der Waals surface area (Å²) >= 11 is 1.63. The number of aromatic nitrogens is 4. The SMILES string of the molecule is Cc1cc(N2CC3CCC[C@@H](Nc4nc5n(n4)CCCC5c4ccc5c(c4)OCO5)[C@@H]3C2)sn1. The van der Waals surface area contributed by atoms with E-state index in [4.69, 9.17) is 19.6 Å². The van der Waals surface area contributed by atoms with Crippen LogP contribution in [0.2, 0.25) is 0 Å². The van der Waals surface area contributed by atoms with E-state index in [1.807, 2.05) is 6.07 Å². The molecule has 1 saturated heterocycles. The average molecular weight is 479 g/mol. The molecule has 1 aliphatic carbocycles. The summed E-state index contributed by atoms with van der Waals surface area (Å²) in [5, 5.41) is 9.99. The van der Waals surface area contributed by atoms with Crippen molar-refractivity contribution in [1.82, 2.24) is 19.1 Å². The lowest BCUT2D eigenvalue weighted by molar-refractivity contribution is 0.174. The number of benzene rings is 1. The second kappa shape index (κ2) is 8.15. The minimum Gasteiger partial charge on any atom is -0.454 e. The molecule has 0 bridgehead atoms. The normalized spacial score (nSPS) is 27.5. The highest BCUT2D eigenvalue weighted by atomic mass is 32.1. The lowest BCUT2D eigenvalue weighted by atomic mass is 9.78. The van der Waals surface area contributed by atoms with Crippen LogP contribution in [0, 0.1) is 18.8 Å². The van der Waals surface area contributed by atoms with E-state index >= 15 is 0 Å². The Kier molecular flexibility index (Phi) is 4.93. The number of aryl methyl sites for hydroxylation is 2. The smallest absolute Gasteiger partial charge is 0.242 e. The highest BCUT2D eigenvalue weighted by molar-refractivity contribution is 7.10. The van der Waals surface area contributed by atoms with E-state index in [1.54, 1.807) is 11.5 Å². The number of ether oxygens (including phenoxy) is 2. The molecule has 178 valence electrons. The first-order valence-electron chi connectivity index (χ1n) is 12.5. The Morgan fingerprint density at radius 2 is 2.00 bits per heavy atom. The number of anilines is 2. The quantitative estimate of drug-likeness (QED) is 0.595. The van der Waals surface area contributed by atoms with Crippen molar-refractivity contribution in [2.24, 2.45) is 11.8 Å². The number of nitrogens with one attached hydrogen (secondary N) is 1. The summed E-state index contributed by atoms with van der Waals surface area (Å²) in [6.07, 6.45) is 5.95. The zero-order valence-electron chi connectivity index (χ0n) is 19.4. The summed E-state index contributed by atoms with van der Waals surface area (Å²) in [6, 6.07) is 8.93. The first kappa shape index (κ1) is 20.6. The molecule has 8 nitrogen and oxygen atoms in total. The number of hydrogen-bond acceptors (Lipinski definition) is 8. The Morgan fingerprint density at radius 1 is 1.06 bits per heavy atom. The molecule has 2 fully saturated rings. The van der Waals surface area contributed by atoms with Gasteiger partial charge in [-0.15, -0.1) is 5.10 Å². The maximum atomic E-state index is 5.62. The Morgan fingerprint density at radius 3 is 2.91 bits per heavy atom. The molecule has 7 rings (SSSR count). The summed E-state index contributed by atoms with van der Waals surface area (Å²) in [5.41, 5.74) is 2.35. The topological polar surface area (TPSA) is 77.3 Å². The Bertz CT molecular complexity index is 1210. The molecule has 34 heavy (non-hydrogen) atoms. The van der Waals surface area contributed by atoms with E-state index in [0.29, 0.717) is 18.8 Å². The third-order valence-corrected chi connectivity index (χ3v) is 8.96. The fourth-order valence-corrected chi connectivity index (χ4v) is 7.13. The highest BCUT2D eigenvalue weighted by Crippen LogP contribution is 2.42. The number of nitrogens with zero attached hydrogens (tertiary/aromatic N) is 5. The van der Waals surface area contributed by atoms with Gasteiger partial charge in [0, 0.05) is 37.5 Å². The van der Waals surface area contributed by atoms with E-state index < -0.39 is 0 Å². The molecular formula is C25H30N6O2S. The van der Waals surface area contributed by atoms with Crippen LogP contribution >= 0.6 is 11.5 Å².